The van der Waals surface area contributed by atoms with E-state index >= 15 is 0 Å². The van der Waals surface area contributed by atoms with Gasteiger partial charge in [-0.3, -0.25) is 4.79 Å². The van der Waals surface area contributed by atoms with E-state index in [0.717, 1.165) is 6.07 Å². The van der Waals surface area contributed by atoms with E-state index in [0.29, 0.717) is 15.3 Å². The van der Waals surface area contributed by atoms with Gasteiger partial charge >= 0.3 is 6.18 Å². The van der Waals surface area contributed by atoms with Crippen molar-refractivity contribution in [2.24, 2.45) is 0 Å². The molecular weight excluding hydrogens is 420 g/mol. The molecule has 0 radical (unpaired) electrons. The van der Waals surface area contributed by atoms with Crippen molar-refractivity contribution in [2.45, 2.75) is 6.18 Å². The van der Waals surface area contributed by atoms with E-state index in [2.05, 4.69) is 10.3 Å². The van der Waals surface area contributed by atoms with Gasteiger partial charge in [0.05, 0.1) is 16.1 Å². The van der Waals surface area contributed by atoms with Gasteiger partial charge in [-0.25, -0.2) is 4.98 Å². The van der Waals surface area contributed by atoms with Gasteiger partial charge in [0.15, 0.2) is 5.82 Å². The minimum absolute atomic E-state index is 0.116. The first kappa shape index (κ1) is 16.0. The first-order chi connectivity index (χ1) is 9.79. The number of rotatable bonds is 2. The Morgan fingerprint density at radius 2 is 1.95 bits per heavy atom. The van der Waals surface area contributed by atoms with Crippen LogP contribution in [0.5, 0.6) is 0 Å². The first-order valence-electron chi connectivity index (χ1n) is 5.57. The van der Waals surface area contributed by atoms with Crippen molar-refractivity contribution < 1.29 is 18.0 Å². The number of nitrogens with zero attached hydrogens (tertiary/aromatic N) is 1. The molecule has 0 aliphatic carbocycles. The van der Waals surface area contributed by atoms with Gasteiger partial charge in [0.1, 0.15) is 0 Å². The van der Waals surface area contributed by atoms with Crippen molar-refractivity contribution in [3.8, 4) is 0 Å². The highest BCUT2D eigenvalue weighted by atomic mass is 127. The van der Waals surface area contributed by atoms with Crippen LogP contribution in [0.3, 0.4) is 0 Å². The summed E-state index contributed by atoms with van der Waals surface area (Å²) in [6.45, 7) is 0. The number of hydrogen-bond donors (Lipinski definition) is 1. The molecule has 0 unspecified atom stereocenters. The Bertz CT molecular complexity index is 691. The normalized spacial score (nSPS) is 11.3. The summed E-state index contributed by atoms with van der Waals surface area (Å²) in [7, 11) is 0. The molecule has 3 nitrogen and oxygen atoms in total. The second-order valence-corrected chi connectivity index (χ2v) is 5.56. The topological polar surface area (TPSA) is 42.0 Å². The van der Waals surface area contributed by atoms with Crippen LogP contribution in [0, 0.1) is 3.57 Å². The lowest BCUT2D eigenvalue weighted by Crippen LogP contribution is -2.15. The quantitative estimate of drug-likeness (QED) is 0.713. The number of hydrogen-bond acceptors (Lipinski definition) is 2. The van der Waals surface area contributed by atoms with Gasteiger partial charge in [0, 0.05) is 9.77 Å². The summed E-state index contributed by atoms with van der Waals surface area (Å²) >= 11 is 7.71. The van der Waals surface area contributed by atoms with E-state index in [4.69, 9.17) is 11.6 Å². The van der Waals surface area contributed by atoms with Gasteiger partial charge in [-0.2, -0.15) is 13.2 Å². The molecule has 1 amide bonds. The number of carbonyl (C=O) groups is 1. The Hall–Kier alpha value is -1.35. The molecule has 1 aromatic heterocycles. The highest BCUT2D eigenvalue weighted by Gasteiger charge is 2.31. The molecule has 0 fully saturated rings. The van der Waals surface area contributed by atoms with Gasteiger partial charge in [-0.1, -0.05) is 23.7 Å². The number of carbonyl (C=O) groups excluding carboxylic acids is 1. The maximum atomic E-state index is 12.5. The van der Waals surface area contributed by atoms with Crippen LogP contribution < -0.4 is 5.32 Å². The number of nitrogens with one attached hydrogen (secondary N) is 1. The lowest BCUT2D eigenvalue weighted by Gasteiger charge is -2.10. The van der Waals surface area contributed by atoms with Crippen LogP contribution in [-0.4, -0.2) is 10.9 Å². The molecule has 1 aromatic carbocycles. The smallest absolute Gasteiger partial charge is 0.305 e. The molecule has 0 spiro atoms. The molecule has 0 saturated carbocycles. The number of pyridine rings is 1. The SMILES string of the molecule is O=C(Nc1ncc(C(F)(F)F)cc1Cl)c1ccccc1I. The van der Waals surface area contributed by atoms with Crippen LogP contribution >= 0.6 is 34.2 Å². The second-order valence-electron chi connectivity index (χ2n) is 3.99. The van der Waals surface area contributed by atoms with E-state index < -0.39 is 17.6 Å². The van der Waals surface area contributed by atoms with Gasteiger partial charge in [0.25, 0.3) is 5.91 Å². The third kappa shape index (κ3) is 3.85. The molecule has 0 aliphatic heterocycles. The predicted octanol–water partition coefficient (Wildman–Crippen LogP) is 4.61. The third-order valence-electron chi connectivity index (χ3n) is 2.52. The van der Waals surface area contributed by atoms with Crippen molar-refractivity contribution in [3.05, 3.63) is 56.2 Å². The zero-order valence-electron chi connectivity index (χ0n) is 10.2. The fraction of sp³-hybridized carbons (Fsp3) is 0.0769. The average molecular weight is 427 g/mol. The van der Waals surface area contributed by atoms with Gasteiger partial charge in [0.2, 0.25) is 0 Å². The summed E-state index contributed by atoms with van der Waals surface area (Å²) in [4.78, 5) is 15.6. The Labute approximate surface area is 136 Å². The summed E-state index contributed by atoms with van der Waals surface area (Å²) in [5.41, 5.74) is -0.587. The van der Waals surface area contributed by atoms with Crippen LogP contribution in [0.1, 0.15) is 15.9 Å². The molecule has 1 N–H and O–H groups in total. The average Bonchev–Trinajstić information content (AvgIpc) is 2.40. The molecule has 0 atom stereocenters. The molecule has 0 aliphatic rings. The summed E-state index contributed by atoms with van der Waals surface area (Å²) in [5, 5.41) is 2.12. The maximum Gasteiger partial charge on any atom is 0.417 e. The lowest BCUT2D eigenvalue weighted by molar-refractivity contribution is -0.137. The highest BCUT2D eigenvalue weighted by molar-refractivity contribution is 14.1. The Morgan fingerprint density at radius 1 is 1.29 bits per heavy atom. The van der Waals surface area contributed by atoms with Crippen molar-refractivity contribution in [2.75, 3.05) is 5.32 Å². The minimum Gasteiger partial charge on any atom is -0.305 e. The van der Waals surface area contributed by atoms with Gasteiger partial charge < -0.3 is 5.32 Å². The lowest BCUT2D eigenvalue weighted by atomic mass is 10.2. The zero-order chi connectivity index (χ0) is 15.6. The number of halogens is 5. The summed E-state index contributed by atoms with van der Waals surface area (Å²) in [6.07, 6.45) is -3.91. The van der Waals surface area contributed by atoms with E-state index in [1.807, 2.05) is 22.6 Å². The first-order valence-corrected chi connectivity index (χ1v) is 7.03. The van der Waals surface area contributed by atoms with Crippen LogP contribution in [0.2, 0.25) is 5.02 Å². The Kier molecular flexibility index (Phi) is 4.72. The molecule has 8 heteroatoms. The number of aromatic nitrogens is 1. The summed E-state index contributed by atoms with van der Waals surface area (Å²) in [5.74, 6) is -0.608. The molecule has 110 valence electrons. The standard InChI is InChI=1S/C13H7ClF3IN2O/c14-9-5-7(13(15,16)17)6-19-11(9)20-12(21)8-3-1-2-4-10(8)18/h1-6H,(H,19,20,21). The number of amides is 1. The van der Waals surface area contributed by atoms with E-state index in [9.17, 15) is 18.0 Å². The van der Waals surface area contributed by atoms with Crippen molar-refractivity contribution in [1.82, 2.24) is 4.98 Å². The van der Waals surface area contributed by atoms with Crippen LogP contribution in [0.15, 0.2) is 36.5 Å². The third-order valence-corrected chi connectivity index (χ3v) is 3.75. The maximum absolute atomic E-state index is 12.5. The summed E-state index contributed by atoms with van der Waals surface area (Å²) in [6, 6.07) is 7.49. The molecule has 0 bridgehead atoms. The zero-order valence-corrected chi connectivity index (χ0v) is 13.1. The molecule has 21 heavy (non-hydrogen) atoms. The Morgan fingerprint density at radius 3 is 2.52 bits per heavy atom. The van der Waals surface area contributed by atoms with Crippen molar-refractivity contribution in [1.29, 1.82) is 0 Å². The predicted molar refractivity (Wildman–Crippen MR) is 81.4 cm³/mol. The van der Waals surface area contributed by atoms with E-state index in [1.165, 1.54) is 0 Å². The van der Waals surface area contributed by atoms with E-state index in [1.54, 1.807) is 24.3 Å². The van der Waals surface area contributed by atoms with Crippen LogP contribution in [0.25, 0.3) is 0 Å². The van der Waals surface area contributed by atoms with Crippen molar-refractivity contribution >= 4 is 45.9 Å². The number of anilines is 1. The fourth-order valence-corrected chi connectivity index (χ4v) is 2.35. The number of alkyl halides is 3. The monoisotopic (exact) mass is 426 g/mol. The Balaban J connectivity index is 2.25. The second kappa shape index (κ2) is 6.18. The van der Waals surface area contributed by atoms with Gasteiger partial charge in [-0.05, 0) is 40.8 Å². The molecule has 2 rings (SSSR count). The van der Waals surface area contributed by atoms with Gasteiger partial charge in [-0.15, -0.1) is 0 Å². The highest BCUT2D eigenvalue weighted by Crippen LogP contribution is 2.32. The molecular formula is C13H7ClF3IN2O. The van der Waals surface area contributed by atoms with Crippen LogP contribution in [-0.2, 0) is 6.18 Å². The fourth-order valence-electron chi connectivity index (χ4n) is 1.51. The minimum atomic E-state index is -4.53. The number of benzene rings is 1. The van der Waals surface area contributed by atoms with E-state index in [-0.39, 0.29) is 10.8 Å². The molecule has 2 aromatic rings. The largest absolute Gasteiger partial charge is 0.417 e. The molecule has 1 heterocycles. The van der Waals surface area contributed by atoms with Crippen molar-refractivity contribution in [3.63, 3.8) is 0 Å². The van der Waals surface area contributed by atoms with Crippen LogP contribution in [0.4, 0.5) is 19.0 Å². The molecule has 0 saturated heterocycles. The summed E-state index contributed by atoms with van der Waals surface area (Å²) < 4.78 is 38.2.